The van der Waals surface area contributed by atoms with E-state index < -0.39 is 0 Å². The molecule has 0 saturated heterocycles. The Hall–Kier alpha value is -1.82. The van der Waals surface area contributed by atoms with E-state index in [9.17, 15) is 9.59 Å². The van der Waals surface area contributed by atoms with Crippen molar-refractivity contribution >= 4 is 11.8 Å². The highest BCUT2D eigenvalue weighted by molar-refractivity contribution is 5.83. The molecule has 2 amide bonds. The van der Waals surface area contributed by atoms with E-state index in [1.807, 2.05) is 36.9 Å². The molecule has 1 aromatic rings. The first-order chi connectivity index (χ1) is 10.5. The molecule has 0 aliphatic rings. The molecular weight excluding hydrogens is 282 g/mol. The minimum Gasteiger partial charge on any atom is -0.383 e. The third kappa shape index (κ3) is 5.52. The molecule has 0 saturated carbocycles. The highest BCUT2D eigenvalue weighted by Crippen LogP contribution is 2.07. The van der Waals surface area contributed by atoms with Gasteiger partial charge >= 0.3 is 0 Å². The first kappa shape index (κ1) is 18.2. The van der Waals surface area contributed by atoms with Crippen LogP contribution in [0.15, 0.2) is 18.3 Å². The lowest BCUT2D eigenvalue weighted by molar-refractivity contribution is -0.140. The second-order valence-corrected chi connectivity index (χ2v) is 5.36. The zero-order valence-corrected chi connectivity index (χ0v) is 14.0. The van der Waals surface area contributed by atoms with Crippen LogP contribution in [0.5, 0.6) is 0 Å². The van der Waals surface area contributed by atoms with Gasteiger partial charge in [0, 0.05) is 46.1 Å². The second kappa shape index (κ2) is 9.25. The van der Waals surface area contributed by atoms with Gasteiger partial charge in [0.1, 0.15) is 0 Å². The summed E-state index contributed by atoms with van der Waals surface area (Å²) < 4.78 is 7.08. The van der Waals surface area contributed by atoms with Crippen molar-refractivity contribution in [1.29, 1.82) is 0 Å². The van der Waals surface area contributed by atoms with Crippen molar-refractivity contribution in [3.63, 3.8) is 0 Å². The van der Waals surface area contributed by atoms with Crippen LogP contribution in [-0.4, -0.2) is 59.5 Å². The molecule has 1 aromatic heterocycles. The molecule has 124 valence electrons. The summed E-state index contributed by atoms with van der Waals surface area (Å²) in [4.78, 5) is 27.5. The van der Waals surface area contributed by atoms with Gasteiger partial charge in [0.2, 0.25) is 11.8 Å². The second-order valence-electron chi connectivity index (χ2n) is 5.36. The quantitative estimate of drug-likeness (QED) is 0.690. The zero-order chi connectivity index (χ0) is 16.5. The van der Waals surface area contributed by atoms with Gasteiger partial charge in [-0.2, -0.15) is 0 Å². The van der Waals surface area contributed by atoms with Crippen molar-refractivity contribution in [1.82, 2.24) is 14.4 Å². The monoisotopic (exact) mass is 309 g/mol. The lowest BCUT2D eigenvalue weighted by Gasteiger charge is -2.27. The predicted molar refractivity (Wildman–Crippen MR) is 85.3 cm³/mol. The Morgan fingerprint density at radius 1 is 1.27 bits per heavy atom. The van der Waals surface area contributed by atoms with Crippen LogP contribution in [-0.2, 0) is 27.9 Å². The summed E-state index contributed by atoms with van der Waals surface area (Å²) in [6.45, 7) is 5.72. The Balaban J connectivity index is 2.74. The van der Waals surface area contributed by atoms with Crippen LogP contribution >= 0.6 is 0 Å². The normalized spacial score (nSPS) is 10.5. The molecular formula is C16H27N3O3. The number of hydrogen-bond acceptors (Lipinski definition) is 3. The Labute approximate surface area is 132 Å². The van der Waals surface area contributed by atoms with Gasteiger partial charge in [-0.1, -0.05) is 6.92 Å². The van der Waals surface area contributed by atoms with Crippen molar-refractivity contribution in [2.45, 2.75) is 26.8 Å². The number of carbonyl (C=O) groups excluding carboxylic acids is 2. The summed E-state index contributed by atoms with van der Waals surface area (Å²) >= 11 is 0. The van der Waals surface area contributed by atoms with Crippen LogP contribution in [0, 0.1) is 0 Å². The molecule has 0 aliphatic carbocycles. The molecule has 0 aliphatic heterocycles. The van der Waals surface area contributed by atoms with E-state index in [1.165, 1.54) is 6.92 Å². The summed E-state index contributed by atoms with van der Waals surface area (Å²) in [6, 6.07) is 3.94. The van der Waals surface area contributed by atoms with Gasteiger partial charge in [-0.25, -0.2) is 0 Å². The number of amides is 2. The topological polar surface area (TPSA) is 54.8 Å². The average Bonchev–Trinajstić information content (AvgIpc) is 2.87. The Kier molecular flexibility index (Phi) is 7.66. The molecule has 0 spiro atoms. The first-order valence-corrected chi connectivity index (χ1v) is 7.62. The van der Waals surface area contributed by atoms with Crippen LogP contribution in [0.25, 0.3) is 0 Å². The van der Waals surface area contributed by atoms with Gasteiger partial charge in [-0.3, -0.25) is 9.59 Å². The molecule has 0 radical (unpaired) electrons. The fourth-order valence-corrected chi connectivity index (χ4v) is 2.23. The molecule has 1 heterocycles. The third-order valence-corrected chi connectivity index (χ3v) is 3.59. The highest BCUT2D eigenvalue weighted by atomic mass is 16.5. The van der Waals surface area contributed by atoms with E-state index in [0.717, 1.165) is 12.1 Å². The largest absolute Gasteiger partial charge is 0.383 e. The number of methoxy groups -OCH3 is 1. The maximum Gasteiger partial charge on any atom is 0.242 e. The number of ether oxygens (including phenoxy) is 1. The van der Waals surface area contributed by atoms with E-state index in [0.29, 0.717) is 26.2 Å². The fraction of sp³-hybridized carbons (Fsp3) is 0.625. The zero-order valence-electron chi connectivity index (χ0n) is 14.0. The number of carbonyl (C=O) groups is 2. The lowest BCUT2D eigenvalue weighted by atomic mass is 10.3. The average molecular weight is 309 g/mol. The van der Waals surface area contributed by atoms with Crippen LogP contribution < -0.4 is 0 Å². The van der Waals surface area contributed by atoms with E-state index in [1.54, 1.807) is 16.9 Å². The van der Waals surface area contributed by atoms with Crippen LogP contribution in [0.2, 0.25) is 0 Å². The van der Waals surface area contributed by atoms with Crippen LogP contribution in [0.1, 0.15) is 26.0 Å². The van der Waals surface area contributed by atoms with Gasteiger partial charge in [0.05, 0.1) is 19.7 Å². The molecule has 22 heavy (non-hydrogen) atoms. The van der Waals surface area contributed by atoms with E-state index in [2.05, 4.69) is 0 Å². The number of nitrogens with zero attached hydrogens (tertiary/aromatic N) is 3. The summed E-state index contributed by atoms with van der Waals surface area (Å²) in [5.74, 6) is -0.123. The maximum atomic E-state index is 12.5. The number of aromatic nitrogens is 1. The number of hydrogen-bond donors (Lipinski definition) is 0. The Bertz CT molecular complexity index is 485. The molecule has 1 rings (SSSR count). The standard InChI is InChI=1S/C16H27N3O3/c1-5-8-18(14(2)20)13-16(21)19(10-11-22-4)12-15-7-6-9-17(15)3/h6-7,9H,5,8,10-13H2,1-4H3. The summed E-state index contributed by atoms with van der Waals surface area (Å²) in [7, 11) is 3.57. The summed E-state index contributed by atoms with van der Waals surface area (Å²) in [6.07, 6.45) is 2.79. The summed E-state index contributed by atoms with van der Waals surface area (Å²) in [5.41, 5.74) is 1.05. The van der Waals surface area contributed by atoms with E-state index >= 15 is 0 Å². The smallest absolute Gasteiger partial charge is 0.242 e. The molecule has 0 fully saturated rings. The molecule has 0 N–H and O–H groups in total. The highest BCUT2D eigenvalue weighted by Gasteiger charge is 2.19. The van der Waals surface area contributed by atoms with E-state index in [-0.39, 0.29) is 18.4 Å². The molecule has 0 unspecified atom stereocenters. The van der Waals surface area contributed by atoms with Crippen molar-refractivity contribution < 1.29 is 14.3 Å². The van der Waals surface area contributed by atoms with Crippen LogP contribution in [0.4, 0.5) is 0 Å². The predicted octanol–water partition coefficient (Wildman–Crippen LogP) is 1.26. The molecule has 0 bridgehead atoms. The van der Waals surface area contributed by atoms with Crippen molar-refractivity contribution in [2.75, 3.05) is 33.4 Å². The molecule has 6 heteroatoms. The minimum absolute atomic E-state index is 0.0538. The lowest BCUT2D eigenvalue weighted by Crippen LogP contribution is -2.43. The van der Waals surface area contributed by atoms with Crippen molar-refractivity contribution in [2.24, 2.45) is 7.05 Å². The summed E-state index contributed by atoms with van der Waals surface area (Å²) in [5, 5.41) is 0. The van der Waals surface area contributed by atoms with E-state index in [4.69, 9.17) is 4.74 Å². The molecule has 6 nitrogen and oxygen atoms in total. The SMILES string of the molecule is CCCN(CC(=O)N(CCOC)Cc1cccn1C)C(C)=O. The third-order valence-electron chi connectivity index (χ3n) is 3.59. The van der Waals surface area contributed by atoms with Crippen molar-refractivity contribution in [3.8, 4) is 0 Å². The Morgan fingerprint density at radius 2 is 2.00 bits per heavy atom. The van der Waals surface area contributed by atoms with Gasteiger partial charge in [-0.05, 0) is 18.6 Å². The van der Waals surface area contributed by atoms with Gasteiger partial charge in [0.15, 0.2) is 0 Å². The van der Waals surface area contributed by atoms with Gasteiger partial charge in [-0.15, -0.1) is 0 Å². The van der Waals surface area contributed by atoms with Crippen molar-refractivity contribution in [3.05, 3.63) is 24.0 Å². The minimum atomic E-state index is -0.0687. The van der Waals surface area contributed by atoms with Gasteiger partial charge < -0.3 is 19.1 Å². The fourth-order valence-electron chi connectivity index (χ4n) is 2.23. The number of aryl methyl sites for hydroxylation is 1. The Morgan fingerprint density at radius 3 is 2.50 bits per heavy atom. The maximum absolute atomic E-state index is 12.5. The van der Waals surface area contributed by atoms with Gasteiger partial charge in [0.25, 0.3) is 0 Å². The first-order valence-electron chi connectivity index (χ1n) is 7.62. The van der Waals surface area contributed by atoms with Crippen LogP contribution in [0.3, 0.4) is 0 Å². The molecule has 0 aromatic carbocycles. The molecule has 0 atom stereocenters. The number of rotatable bonds is 9.